The summed E-state index contributed by atoms with van der Waals surface area (Å²) in [6.45, 7) is 8.28. The van der Waals surface area contributed by atoms with Crippen molar-refractivity contribution in [3.05, 3.63) is 18.0 Å². The summed E-state index contributed by atoms with van der Waals surface area (Å²) in [6.07, 6.45) is 8.48. The quantitative estimate of drug-likeness (QED) is 0.876. The third-order valence-corrected chi connectivity index (χ3v) is 5.39. The van der Waals surface area contributed by atoms with Crippen LogP contribution in [0.3, 0.4) is 0 Å². The summed E-state index contributed by atoms with van der Waals surface area (Å²) in [5, 5.41) is 4.68. The zero-order valence-corrected chi connectivity index (χ0v) is 14.2. The lowest BCUT2D eigenvalue weighted by Crippen LogP contribution is -2.53. The van der Waals surface area contributed by atoms with Crippen LogP contribution in [0.15, 0.2) is 12.3 Å². The average Bonchev–Trinajstić information content (AvgIpc) is 2.96. The Morgan fingerprint density at radius 2 is 2.10 bits per heavy atom. The number of nitrogens with two attached hydrogens (primary N) is 1. The van der Waals surface area contributed by atoms with E-state index in [-0.39, 0.29) is 5.54 Å². The van der Waals surface area contributed by atoms with E-state index in [2.05, 4.69) is 50.1 Å². The van der Waals surface area contributed by atoms with Gasteiger partial charge in [0.15, 0.2) is 0 Å². The second kappa shape index (κ2) is 6.93. The predicted molar refractivity (Wildman–Crippen MR) is 88.1 cm³/mol. The minimum Gasteiger partial charge on any atom is -0.329 e. The van der Waals surface area contributed by atoms with Crippen LogP contribution in [-0.2, 0) is 6.54 Å². The monoisotopic (exact) mass is 292 g/mol. The van der Waals surface area contributed by atoms with Crippen molar-refractivity contribution in [1.29, 1.82) is 0 Å². The minimum absolute atomic E-state index is 0.174. The molecular formula is C17H32N4. The van der Waals surface area contributed by atoms with Gasteiger partial charge in [0.1, 0.15) is 0 Å². The van der Waals surface area contributed by atoms with Gasteiger partial charge in [-0.15, -0.1) is 0 Å². The van der Waals surface area contributed by atoms with Crippen molar-refractivity contribution in [1.82, 2.24) is 14.7 Å². The maximum Gasteiger partial charge on any atom is 0.0764 e. The summed E-state index contributed by atoms with van der Waals surface area (Å²) in [4.78, 5) is 2.45. The zero-order chi connectivity index (χ0) is 15.5. The highest BCUT2D eigenvalue weighted by molar-refractivity contribution is 5.03. The molecule has 1 heterocycles. The van der Waals surface area contributed by atoms with E-state index in [4.69, 9.17) is 5.73 Å². The molecule has 1 saturated carbocycles. The van der Waals surface area contributed by atoms with Gasteiger partial charge in [0, 0.05) is 30.9 Å². The first-order valence-electron chi connectivity index (χ1n) is 8.46. The molecule has 0 saturated heterocycles. The summed E-state index contributed by atoms with van der Waals surface area (Å²) in [5.74, 6) is 0.901. The molecule has 4 nitrogen and oxygen atoms in total. The van der Waals surface area contributed by atoms with Crippen molar-refractivity contribution in [2.75, 3.05) is 13.6 Å². The largest absolute Gasteiger partial charge is 0.329 e. The molecule has 1 aromatic heterocycles. The first kappa shape index (κ1) is 16.5. The second-order valence-corrected chi connectivity index (χ2v) is 7.02. The van der Waals surface area contributed by atoms with Gasteiger partial charge >= 0.3 is 0 Å². The first-order chi connectivity index (χ1) is 10.0. The molecule has 0 radical (unpaired) electrons. The molecule has 0 spiro atoms. The van der Waals surface area contributed by atoms with Crippen LogP contribution in [0, 0.1) is 5.92 Å². The summed E-state index contributed by atoms with van der Waals surface area (Å²) in [5.41, 5.74) is 7.49. The third-order valence-electron chi connectivity index (χ3n) is 5.39. The van der Waals surface area contributed by atoms with Gasteiger partial charge < -0.3 is 5.73 Å². The van der Waals surface area contributed by atoms with Gasteiger partial charge in [-0.2, -0.15) is 5.10 Å². The number of aromatic nitrogens is 2. The molecule has 1 aliphatic rings. The normalized spacial score (nSPS) is 26.7. The molecule has 0 aliphatic heterocycles. The van der Waals surface area contributed by atoms with Crippen molar-refractivity contribution in [2.24, 2.45) is 11.7 Å². The summed E-state index contributed by atoms with van der Waals surface area (Å²) >= 11 is 0. The van der Waals surface area contributed by atoms with E-state index in [1.807, 2.05) is 4.68 Å². The Hall–Kier alpha value is -0.870. The topological polar surface area (TPSA) is 47.1 Å². The maximum atomic E-state index is 6.17. The van der Waals surface area contributed by atoms with Gasteiger partial charge in [-0.05, 0) is 58.6 Å². The van der Waals surface area contributed by atoms with Crippen molar-refractivity contribution in [3.63, 3.8) is 0 Å². The van der Waals surface area contributed by atoms with Crippen LogP contribution in [0.1, 0.15) is 64.6 Å². The van der Waals surface area contributed by atoms with Gasteiger partial charge in [0.05, 0.1) is 5.69 Å². The third kappa shape index (κ3) is 3.67. The SMILES string of the molecule is CCC1CCC(CN)(N(C)Cc2ccn(C(C)C)n2)CC1. The molecule has 0 aromatic carbocycles. The van der Waals surface area contributed by atoms with Crippen molar-refractivity contribution in [3.8, 4) is 0 Å². The van der Waals surface area contributed by atoms with E-state index in [0.29, 0.717) is 6.04 Å². The fraction of sp³-hybridized carbons (Fsp3) is 0.824. The van der Waals surface area contributed by atoms with Crippen LogP contribution < -0.4 is 5.73 Å². The number of hydrogen-bond donors (Lipinski definition) is 1. The van der Waals surface area contributed by atoms with Crippen LogP contribution in [0.25, 0.3) is 0 Å². The van der Waals surface area contributed by atoms with Crippen LogP contribution in [-0.4, -0.2) is 33.8 Å². The lowest BCUT2D eigenvalue weighted by Gasteiger charge is -2.45. The van der Waals surface area contributed by atoms with Crippen LogP contribution in [0.2, 0.25) is 0 Å². The van der Waals surface area contributed by atoms with Gasteiger partial charge in [0.25, 0.3) is 0 Å². The van der Waals surface area contributed by atoms with Crippen LogP contribution >= 0.6 is 0 Å². The fourth-order valence-corrected chi connectivity index (χ4v) is 3.52. The van der Waals surface area contributed by atoms with Gasteiger partial charge in [0.2, 0.25) is 0 Å². The molecule has 2 N–H and O–H groups in total. The smallest absolute Gasteiger partial charge is 0.0764 e. The highest BCUT2D eigenvalue weighted by Crippen LogP contribution is 2.37. The Morgan fingerprint density at radius 3 is 2.57 bits per heavy atom. The number of rotatable bonds is 6. The summed E-state index contributed by atoms with van der Waals surface area (Å²) < 4.78 is 2.03. The van der Waals surface area contributed by atoms with Crippen LogP contribution in [0.4, 0.5) is 0 Å². The van der Waals surface area contributed by atoms with Gasteiger partial charge in [-0.3, -0.25) is 9.58 Å². The Bertz CT molecular complexity index is 430. The molecular weight excluding hydrogens is 260 g/mol. The van der Waals surface area contributed by atoms with Crippen LogP contribution in [0.5, 0.6) is 0 Å². The van der Waals surface area contributed by atoms with E-state index in [0.717, 1.165) is 24.7 Å². The van der Waals surface area contributed by atoms with E-state index >= 15 is 0 Å². The minimum atomic E-state index is 0.174. The molecule has 1 aliphatic carbocycles. The lowest BCUT2D eigenvalue weighted by atomic mass is 9.74. The number of likely N-dealkylation sites (N-methyl/N-ethyl adjacent to an activating group) is 1. The lowest BCUT2D eigenvalue weighted by molar-refractivity contribution is 0.0568. The van der Waals surface area contributed by atoms with E-state index in [1.165, 1.54) is 32.1 Å². The molecule has 1 fully saturated rings. The molecule has 2 rings (SSSR count). The summed E-state index contributed by atoms with van der Waals surface area (Å²) in [6, 6.07) is 2.56. The molecule has 0 atom stereocenters. The molecule has 120 valence electrons. The van der Waals surface area contributed by atoms with Crippen molar-refractivity contribution in [2.45, 2.75) is 71.0 Å². The molecule has 1 aromatic rings. The molecule has 0 unspecified atom stereocenters. The average molecular weight is 292 g/mol. The Kier molecular flexibility index (Phi) is 5.44. The van der Waals surface area contributed by atoms with E-state index in [1.54, 1.807) is 0 Å². The predicted octanol–water partition coefficient (Wildman–Crippen LogP) is 3.19. The van der Waals surface area contributed by atoms with Crippen molar-refractivity contribution >= 4 is 0 Å². The molecule has 0 bridgehead atoms. The number of nitrogens with zero attached hydrogens (tertiary/aromatic N) is 3. The summed E-state index contributed by atoms with van der Waals surface area (Å²) in [7, 11) is 2.22. The first-order valence-corrected chi connectivity index (χ1v) is 8.46. The highest BCUT2D eigenvalue weighted by atomic mass is 15.3. The molecule has 4 heteroatoms. The Morgan fingerprint density at radius 1 is 1.43 bits per heavy atom. The fourth-order valence-electron chi connectivity index (χ4n) is 3.52. The maximum absolute atomic E-state index is 6.17. The van der Waals surface area contributed by atoms with Gasteiger partial charge in [-0.1, -0.05) is 13.3 Å². The Balaban J connectivity index is 2.01. The zero-order valence-electron chi connectivity index (χ0n) is 14.2. The second-order valence-electron chi connectivity index (χ2n) is 7.02. The van der Waals surface area contributed by atoms with E-state index in [9.17, 15) is 0 Å². The standard InChI is InChI=1S/C17H32N4/c1-5-15-6-9-17(13-18,10-7-15)20(4)12-16-8-11-21(19-16)14(2)3/h8,11,14-15H,5-7,9-10,12-13,18H2,1-4H3. The molecule has 21 heavy (non-hydrogen) atoms. The highest BCUT2D eigenvalue weighted by Gasteiger charge is 2.37. The van der Waals surface area contributed by atoms with Gasteiger partial charge in [-0.25, -0.2) is 0 Å². The number of hydrogen-bond acceptors (Lipinski definition) is 3. The van der Waals surface area contributed by atoms with Crippen molar-refractivity contribution < 1.29 is 0 Å². The van der Waals surface area contributed by atoms with E-state index < -0.39 is 0 Å². The molecule has 0 amide bonds. The Labute approximate surface area is 129 Å².